The second kappa shape index (κ2) is 5.47. The van der Waals surface area contributed by atoms with E-state index in [1.807, 2.05) is 24.3 Å². The van der Waals surface area contributed by atoms with Gasteiger partial charge in [-0.05, 0) is 36.3 Å². The van der Waals surface area contributed by atoms with Gasteiger partial charge in [0.15, 0.2) is 5.78 Å². The van der Waals surface area contributed by atoms with Crippen LogP contribution in [0.25, 0.3) is 5.57 Å². The quantitative estimate of drug-likeness (QED) is 0.612. The molecule has 0 aliphatic carbocycles. The first-order valence-corrected chi connectivity index (χ1v) is 6.08. The number of carbonyl (C=O) groups is 1. The lowest BCUT2D eigenvalue weighted by Gasteiger charge is -2.03. The maximum atomic E-state index is 10.9. The molecule has 3 heteroatoms. The van der Waals surface area contributed by atoms with Crippen molar-refractivity contribution in [1.82, 2.24) is 0 Å². The van der Waals surface area contributed by atoms with E-state index in [1.165, 1.54) is 0 Å². The Labute approximate surface area is 100 Å². The van der Waals surface area contributed by atoms with Crippen molar-refractivity contribution in [3.05, 3.63) is 40.4 Å². The fourth-order valence-electron chi connectivity index (χ4n) is 1.11. The first-order valence-electron chi connectivity index (χ1n) is 4.16. The van der Waals surface area contributed by atoms with Crippen LogP contribution >= 0.6 is 31.9 Å². The van der Waals surface area contributed by atoms with E-state index >= 15 is 0 Å². The number of carbonyl (C=O) groups excluding carboxylic acids is 1. The van der Waals surface area contributed by atoms with E-state index in [1.54, 1.807) is 13.0 Å². The van der Waals surface area contributed by atoms with Crippen LogP contribution in [0.4, 0.5) is 0 Å². The summed E-state index contributed by atoms with van der Waals surface area (Å²) >= 11 is 6.74. The zero-order chi connectivity index (χ0) is 10.6. The van der Waals surface area contributed by atoms with Crippen LogP contribution in [0.3, 0.4) is 0 Å². The second-order valence-corrected chi connectivity index (χ2v) is 4.40. The third kappa shape index (κ3) is 3.39. The SMILES string of the molecule is CC(=O)/C=C(\CBr)c1ccc(Br)cc1. The summed E-state index contributed by atoms with van der Waals surface area (Å²) < 4.78 is 1.04. The molecule has 0 unspecified atom stereocenters. The molecule has 0 N–H and O–H groups in total. The largest absolute Gasteiger partial charge is 0.295 e. The van der Waals surface area contributed by atoms with Gasteiger partial charge in [0.25, 0.3) is 0 Å². The molecule has 1 aromatic carbocycles. The van der Waals surface area contributed by atoms with Crippen molar-refractivity contribution in [1.29, 1.82) is 0 Å². The summed E-state index contributed by atoms with van der Waals surface area (Å²) in [6, 6.07) is 7.90. The highest BCUT2D eigenvalue weighted by atomic mass is 79.9. The van der Waals surface area contributed by atoms with Crippen molar-refractivity contribution in [2.75, 3.05) is 5.33 Å². The van der Waals surface area contributed by atoms with Gasteiger partial charge >= 0.3 is 0 Å². The minimum Gasteiger partial charge on any atom is -0.295 e. The number of hydrogen-bond donors (Lipinski definition) is 0. The van der Waals surface area contributed by atoms with Crippen molar-refractivity contribution in [2.24, 2.45) is 0 Å². The highest BCUT2D eigenvalue weighted by Crippen LogP contribution is 2.19. The Morgan fingerprint density at radius 3 is 2.36 bits per heavy atom. The molecule has 0 aliphatic heterocycles. The van der Waals surface area contributed by atoms with E-state index in [2.05, 4.69) is 31.9 Å². The number of allylic oxidation sites excluding steroid dienone is 2. The van der Waals surface area contributed by atoms with E-state index in [0.717, 1.165) is 15.6 Å². The Morgan fingerprint density at radius 1 is 1.36 bits per heavy atom. The molecule has 1 aromatic rings. The van der Waals surface area contributed by atoms with Crippen LogP contribution < -0.4 is 0 Å². The first kappa shape index (κ1) is 11.7. The standard InChI is InChI=1S/C11H10Br2O/c1-8(14)6-10(7-12)9-2-4-11(13)5-3-9/h2-6H,7H2,1H3/b10-6+. The molecule has 0 spiro atoms. The maximum Gasteiger partial charge on any atom is 0.152 e. The van der Waals surface area contributed by atoms with Crippen LogP contribution in [0.1, 0.15) is 12.5 Å². The van der Waals surface area contributed by atoms with Crippen LogP contribution in [0.5, 0.6) is 0 Å². The molecule has 14 heavy (non-hydrogen) atoms. The van der Waals surface area contributed by atoms with Crippen LogP contribution in [-0.2, 0) is 4.79 Å². The lowest BCUT2D eigenvalue weighted by atomic mass is 10.1. The zero-order valence-corrected chi connectivity index (χ0v) is 10.9. The van der Waals surface area contributed by atoms with E-state index in [-0.39, 0.29) is 5.78 Å². The Balaban J connectivity index is 3.01. The molecule has 1 rings (SSSR count). The van der Waals surface area contributed by atoms with Crippen molar-refractivity contribution in [2.45, 2.75) is 6.92 Å². The molecule has 1 nitrogen and oxygen atoms in total. The van der Waals surface area contributed by atoms with Gasteiger partial charge in [-0.3, -0.25) is 4.79 Å². The molecule has 0 atom stereocenters. The predicted molar refractivity (Wildman–Crippen MR) is 66.6 cm³/mol. The van der Waals surface area contributed by atoms with Gasteiger partial charge < -0.3 is 0 Å². The zero-order valence-electron chi connectivity index (χ0n) is 7.76. The van der Waals surface area contributed by atoms with Crippen LogP contribution in [0, 0.1) is 0 Å². The fraction of sp³-hybridized carbons (Fsp3) is 0.182. The fourth-order valence-corrected chi connectivity index (χ4v) is 1.86. The molecule has 0 saturated carbocycles. The number of rotatable bonds is 3. The number of hydrogen-bond acceptors (Lipinski definition) is 1. The summed E-state index contributed by atoms with van der Waals surface area (Å²) in [5, 5.41) is 0.689. The Hall–Kier alpha value is -0.410. The third-order valence-corrected chi connectivity index (χ3v) is 2.87. The Bertz CT molecular complexity index is 352. The van der Waals surface area contributed by atoms with Gasteiger partial charge in [-0.25, -0.2) is 0 Å². The number of ketones is 1. The molecule has 0 aliphatic rings. The van der Waals surface area contributed by atoms with E-state index in [0.29, 0.717) is 5.33 Å². The van der Waals surface area contributed by atoms with Gasteiger partial charge in [-0.1, -0.05) is 44.0 Å². The van der Waals surface area contributed by atoms with Crippen molar-refractivity contribution < 1.29 is 4.79 Å². The van der Waals surface area contributed by atoms with Gasteiger partial charge in [0.05, 0.1) is 0 Å². The molecule has 0 heterocycles. The monoisotopic (exact) mass is 316 g/mol. The summed E-state index contributed by atoms with van der Waals surface area (Å²) in [5.41, 5.74) is 2.07. The maximum absolute atomic E-state index is 10.9. The van der Waals surface area contributed by atoms with Crippen LogP contribution in [0.15, 0.2) is 34.8 Å². The smallest absolute Gasteiger partial charge is 0.152 e. The minimum atomic E-state index is 0.0716. The summed E-state index contributed by atoms with van der Waals surface area (Å²) in [4.78, 5) is 10.9. The van der Waals surface area contributed by atoms with E-state index in [4.69, 9.17) is 0 Å². The van der Waals surface area contributed by atoms with Crippen molar-refractivity contribution in [3.8, 4) is 0 Å². The average molecular weight is 318 g/mol. The van der Waals surface area contributed by atoms with Gasteiger partial charge in [0, 0.05) is 9.80 Å². The second-order valence-electron chi connectivity index (χ2n) is 2.92. The molecule has 0 aromatic heterocycles. The number of alkyl halides is 1. The molecule has 0 bridgehead atoms. The van der Waals surface area contributed by atoms with Crippen LogP contribution in [-0.4, -0.2) is 11.1 Å². The molecular weight excluding hydrogens is 308 g/mol. The summed E-state index contributed by atoms with van der Waals surface area (Å²) in [6.45, 7) is 1.56. The number of halogens is 2. The van der Waals surface area contributed by atoms with E-state index < -0.39 is 0 Å². The summed E-state index contributed by atoms with van der Waals surface area (Å²) in [6.07, 6.45) is 1.65. The van der Waals surface area contributed by atoms with Gasteiger partial charge in [-0.15, -0.1) is 0 Å². The Kier molecular flexibility index (Phi) is 4.55. The topological polar surface area (TPSA) is 17.1 Å². The molecule has 74 valence electrons. The lowest BCUT2D eigenvalue weighted by molar-refractivity contribution is -0.112. The van der Waals surface area contributed by atoms with E-state index in [9.17, 15) is 4.79 Å². The van der Waals surface area contributed by atoms with Gasteiger partial charge in [0.2, 0.25) is 0 Å². The normalized spacial score (nSPS) is 11.5. The predicted octanol–water partition coefficient (Wildman–Crippen LogP) is 3.82. The average Bonchev–Trinajstić information content (AvgIpc) is 2.15. The number of benzene rings is 1. The molecular formula is C11H10Br2O. The summed E-state index contributed by atoms with van der Waals surface area (Å²) in [7, 11) is 0. The third-order valence-electron chi connectivity index (χ3n) is 1.74. The van der Waals surface area contributed by atoms with Crippen LogP contribution in [0.2, 0.25) is 0 Å². The van der Waals surface area contributed by atoms with Crippen molar-refractivity contribution >= 4 is 43.2 Å². The minimum absolute atomic E-state index is 0.0716. The highest BCUT2D eigenvalue weighted by Gasteiger charge is 2.00. The molecule has 0 amide bonds. The molecule has 0 saturated heterocycles. The highest BCUT2D eigenvalue weighted by molar-refractivity contribution is 9.10. The van der Waals surface area contributed by atoms with Crippen molar-refractivity contribution in [3.63, 3.8) is 0 Å². The lowest BCUT2D eigenvalue weighted by Crippen LogP contribution is -1.90. The molecule has 0 fully saturated rings. The molecule has 0 radical (unpaired) electrons. The van der Waals surface area contributed by atoms with Gasteiger partial charge in [0.1, 0.15) is 0 Å². The Morgan fingerprint density at radius 2 is 1.93 bits per heavy atom. The van der Waals surface area contributed by atoms with Gasteiger partial charge in [-0.2, -0.15) is 0 Å². The first-order chi connectivity index (χ1) is 6.63. The summed E-state index contributed by atoms with van der Waals surface area (Å²) in [5.74, 6) is 0.0716.